The summed E-state index contributed by atoms with van der Waals surface area (Å²) >= 11 is 0. The quantitative estimate of drug-likeness (QED) is 0.625. The molecule has 5 rings (SSSR count). The van der Waals surface area contributed by atoms with Crippen molar-refractivity contribution in [2.24, 2.45) is 7.05 Å². The van der Waals surface area contributed by atoms with Crippen molar-refractivity contribution in [1.29, 1.82) is 0 Å². The number of tetrazole rings is 1. The minimum Gasteiger partial charge on any atom is -0.363 e. The van der Waals surface area contributed by atoms with Gasteiger partial charge in [0.2, 0.25) is 5.95 Å². The van der Waals surface area contributed by atoms with Crippen molar-refractivity contribution < 1.29 is 4.74 Å². The van der Waals surface area contributed by atoms with Crippen molar-refractivity contribution >= 4 is 5.95 Å². The van der Waals surface area contributed by atoms with Gasteiger partial charge in [0, 0.05) is 13.6 Å². The number of hydrogen-bond donors (Lipinski definition) is 0. The molecule has 0 amide bonds. The smallest absolute Gasteiger partial charge is 0.345 e. The molecule has 1 aromatic carbocycles. The zero-order chi connectivity index (χ0) is 17.7. The van der Waals surface area contributed by atoms with Crippen molar-refractivity contribution in [1.82, 2.24) is 34.6 Å². The number of para-hydroxylation sites is 1. The van der Waals surface area contributed by atoms with E-state index in [-0.39, 0.29) is 5.69 Å². The number of fused-ring (bicyclic) bond motifs is 1. The maximum atomic E-state index is 12.3. The minimum absolute atomic E-state index is 0.102. The van der Waals surface area contributed by atoms with Crippen LogP contribution in [0.5, 0.6) is 0 Å². The van der Waals surface area contributed by atoms with Crippen molar-refractivity contribution in [3.05, 3.63) is 46.6 Å². The van der Waals surface area contributed by atoms with E-state index in [9.17, 15) is 4.79 Å². The van der Waals surface area contributed by atoms with Crippen LogP contribution in [0.3, 0.4) is 0 Å². The molecular formula is C16H18N8O2. The topological polar surface area (TPSA) is 95.9 Å². The Morgan fingerprint density at radius 3 is 2.88 bits per heavy atom. The summed E-state index contributed by atoms with van der Waals surface area (Å²) in [6.45, 7) is 2.23. The SMILES string of the molecule is Cn1nc2n(c1=O)CC1(CCN(c3nnnn3-c3ccccc3)C1)OC2. The number of nitrogens with zero attached hydrogens (tertiary/aromatic N) is 8. The van der Waals surface area contributed by atoms with E-state index in [2.05, 4.69) is 25.5 Å². The van der Waals surface area contributed by atoms with Gasteiger partial charge in [-0.15, -0.1) is 0 Å². The molecule has 10 nitrogen and oxygen atoms in total. The molecule has 2 aromatic heterocycles. The van der Waals surface area contributed by atoms with Crippen LogP contribution in [0.2, 0.25) is 0 Å². The van der Waals surface area contributed by atoms with Crippen LogP contribution in [-0.4, -0.2) is 53.2 Å². The fourth-order valence-corrected chi connectivity index (χ4v) is 3.75. The van der Waals surface area contributed by atoms with E-state index >= 15 is 0 Å². The summed E-state index contributed by atoms with van der Waals surface area (Å²) < 4.78 is 10.9. The molecule has 0 N–H and O–H groups in total. The van der Waals surface area contributed by atoms with Gasteiger partial charge in [-0.2, -0.15) is 9.78 Å². The predicted octanol–water partition coefficient (Wildman–Crippen LogP) is -0.263. The zero-order valence-electron chi connectivity index (χ0n) is 14.3. The highest BCUT2D eigenvalue weighted by Crippen LogP contribution is 2.33. The van der Waals surface area contributed by atoms with Gasteiger partial charge < -0.3 is 9.64 Å². The molecule has 1 fully saturated rings. The number of benzene rings is 1. The normalized spacial score (nSPS) is 22.1. The highest BCUT2D eigenvalue weighted by molar-refractivity contribution is 5.42. The average molecular weight is 354 g/mol. The molecule has 1 atom stereocenters. The Morgan fingerprint density at radius 2 is 2.04 bits per heavy atom. The van der Waals surface area contributed by atoms with E-state index in [0.717, 1.165) is 18.7 Å². The maximum absolute atomic E-state index is 12.3. The van der Waals surface area contributed by atoms with Crippen molar-refractivity contribution in [3.63, 3.8) is 0 Å². The third-order valence-electron chi connectivity index (χ3n) is 5.09. The fraction of sp³-hybridized carbons (Fsp3) is 0.438. The molecule has 0 aliphatic carbocycles. The van der Waals surface area contributed by atoms with Crippen LogP contribution in [0.15, 0.2) is 35.1 Å². The highest BCUT2D eigenvalue weighted by atomic mass is 16.5. The molecule has 3 aromatic rings. The van der Waals surface area contributed by atoms with Gasteiger partial charge in [0.05, 0.1) is 18.8 Å². The minimum atomic E-state index is -0.423. The number of ether oxygens (including phenoxy) is 1. The molecule has 2 aliphatic heterocycles. The third-order valence-corrected chi connectivity index (χ3v) is 5.09. The third kappa shape index (κ3) is 2.25. The Bertz CT molecular complexity index is 1010. The molecule has 4 heterocycles. The summed E-state index contributed by atoms with van der Waals surface area (Å²) in [5.74, 6) is 1.36. The molecular weight excluding hydrogens is 336 g/mol. The molecule has 1 spiro atoms. The van der Waals surface area contributed by atoms with Crippen LogP contribution in [0.25, 0.3) is 5.69 Å². The molecule has 0 radical (unpaired) electrons. The number of anilines is 1. The van der Waals surface area contributed by atoms with Crippen LogP contribution >= 0.6 is 0 Å². The summed E-state index contributed by atoms with van der Waals surface area (Å²) in [7, 11) is 1.66. The van der Waals surface area contributed by atoms with E-state index in [0.29, 0.717) is 31.5 Å². The standard InChI is InChI=1S/C16H18N8O2/c1-21-15(25)23-11-16(26-9-13(23)18-21)7-8-22(10-16)14-17-19-20-24(14)12-5-3-2-4-6-12/h2-6H,7-11H2,1H3. The Labute approximate surface area is 148 Å². The van der Waals surface area contributed by atoms with E-state index in [4.69, 9.17) is 4.74 Å². The van der Waals surface area contributed by atoms with Crippen molar-refractivity contribution in [2.45, 2.75) is 25.2 Å². The molecule has 1 saturated heterocycles. The fourth-order valence-electron chi connectivity index (χ4n) is 3.75. The lowest BCUT2D eigenvalue weighted by atomic mass is 10.0. The highest BCUT2D eigenvalue weighted by Gasteiger charge is 2.44. The number of aromatic nitrogens is 7. The van der Waals surface area contributed by atoms with Crippen LogP contribution in [0.4, 0.5) is 5.95 Å². The first-order valence-electron chi connectivity index (χ1n) is 8.51. The van der Waals surface area contributed by atoms with Crippen LogP contribution in [0.1, 0.15) is 12.2 Å². The number of rotatable bonds is 2. The summed E-state index contributed by atoms with van der Waals surface area (Å²) in [6, 6.07) is 9.78. The Morgan fingerprint density at radius 1 is 1.19 bits per heavy atom. The number of hydrogen-bond acceptors (Lipinski definition) is 7. The maximum Gasteiger partial charge on any atom is 0.345 e. The molecule has 10 heteroatoms. The zero-order valence-corrected chi connectivity index (χ0v) is 14.3. The molecule has 1 unspecified atom stereocenters. The van der Waals surface area contributed by atoms with Gasteiger partial charge in [-0.1, -0.05) is 23.3 Å². The first-order chi connectivity index (χ1) is 12.7. The second-order valence-corrected chi connectivity index (χ2v) is 6.78. The van der Waals surface area contributed by atoms with E-state index in [1.165, 1.54) is 4.68 Å². The molecule has 2 aliphatic rings. The monoisotopic (exact) mass is 354 g/mol. The lowest BCUT2D eigenvalue weighted by Gasteiger charge is -2.33. The first kappa shape index (κ1) is 15.3. The van der Waals surface area contributed by atoms with Crippen molar-refractivity contribution in [3.8, 4) is 5.69 Å². The van der Waals surface area contributed by atoms with Gasteiger partial charge in [0.15, 0.2) is 5.82 Å². The van der Waals surface area contributed by atoms with Gasteiger partial charge in [0.1, 0.15) is 12.2 Å². The molecule has 134 valence electrons. The first-order valence-corrected chi connectivity index (χ1v) is 8.51. The van der Waals surface area contributed by atoms with Gasteiger partial charge in [-0.05, 0) is 29.0 Å². The average Bonchev–Trinajstić information content (AvgIpc) is 3.36. The van der Waals surface area contributed by atoms with E-state index in [1.807, 2.05) is 30.3 Å². The largest absolute Gasteiger partial charge is 0.363 e. The van der Waals surface area contributed by atoms with Crippen molar-refractivity contribution in [2.75, 3.05) is 18.0 Å². The molecule has 0 bridgehead atoms. The lowest BCUT2D eigenvalue weighted by Crippen LogP contribution is -2.46. The summed E-state index contributed by atoms with van der Waals surface area (Å²) in [5, 5.41) is 16.4. The van der Waals surface area contributed by atoms with Crippen LogP contribution in [0, 0.1) is 0 Å². The molecule has 26 heavy (non-hydrogen) atoms. The number of aryl methyl sites for hydroxylation is 1. The van der Waals surface area contributed by atoms with E-state index in [1.54, 1.807) is 16.3 Å². The Hall–Kier alpha value is -3.01. The van der Waals surface area contributed by atoms with Gasteiger partial charge >= 0.3 is 5.69 Å². The Balaban J connectivity index is 1.43. The molecule has 0 saturated carbocycles. The predicted molar refractivity (Wildman–Crippen MR) is 91.0 cm³/mol. The Kier molecular flexibility index (Phi) is 3.23. The summed E-state index contributed by atoms with van der Waals surface area (Å²) in [5.41, 5.74) is 0.381. The van der Waals surface area contributed by atoms with Gasteiger partial charge in [0.25, 0.3) is 0 Å². The second kappa shape index (κ2) is 5.49. The van der Waals surface area contributed by atoms with Gasteiger partial charge in [-0.25, -0.2) is 9.48 Å². The van der Waals surface area contributed by atoms with Crippen LogP contribution in [-0.2, 0) is 24.9 Å². The summed E-state index contributed by atoms with van der Waals surface area (Å²) in [4.78, 5) is 14.4. The second-order valence-electron chi connectivity index (χ2n) is 6.78. The summed E-state index contributed by atoms with van der Waals surface area (Å²) in [6.07, 6.45) is 0.801. The van der Waals surface area contributed by atoms with Crippen LogP contribution < -0.4 is 10.6 Å². The van der Waals surface area contributed by atoms with Gasteiger partial charge in [-0.3, -0.25) is 4.57 Å². The lowest BCUT2D eigenvalue weighted by molar-refractivity contribution is -0.0760. The van der Waals surface area contributed by atoms with E-state index < -0.39 is 5.60 Å².